The maximum atomic E-state index is 13.2. The fourth-order valence-corrected chi connectivity index (χ4v) is 2.01. The van der Waals surface area contributed by atoms with Crippen LogP contribution in [0.2, 0.25) is 0 Å². The number of anilines is 1. The van der Waals surface area contributed by atoms with Crippen LogP contribution < -0.4 is 5.32 Å². The molecular formula is C14H11F2N3O4. The maximum absolute atomic E-state index is 13.2. The summed E-state index contributed by atoms with van der Waals surface area (Å²) in [5.41, 5.74) is -0.481. The number of nitrogens with one attached hydrogen (secondary N) is 1. The molecule has 0 saturated carbocycles. The molecule has 0 bridgehead atoms. The van der Waals surface area contributed by atoms with E-state index in [4.69, 9.17) is 0 Å². The molecule has 0 aliphatic heterocycles. The van der Waals surface area contributed by atoms with Crippen LogP contribution in [0.3, 0.4) is 0 Å². The van der Waals surface area contributed by atoms with E-state index in [1.807, 2.05) is 0 Å². The maximum Gasteiger partial charge on any atom is 0.299 e. The van der Waals surface area contributed by atoms with Crippen LogP contribution in [-0.4, -0.2) is 9.85 Å². The van der Waals surface area contributed by atoms with Gasteiger partial charge in [-0.3, -0.25) is 20.2 Å². The van der Waals surface area contributed by atoms with Gasteiger partial charge in [0, 0.05) is 12.1 Å². The molecule has 0 aliphatic rings. The Morgan fingerprint density at radius 2 is 1.70 bits per heavy atom. The van der Waals surface area contributed by atoms with Crippen LogP contribution in [0.5, 0.6) is 0 Å². The summed E-state index contributed by atoms with van der Waals surface area (Å²) >= 11 is 0. The molecule has 0 heterocycles. The quantitative estimate of drug-likeness (QED) is 0.663. The van der Waals surface area contributed by atoms with Crippen LogP contribution in [0, 0.1) is 31.9 Å². The standard InChI is InChI=1S/C14H11F2N3O4/c1-8(9-2-4-11(15)12(16)6-9)17-13-5-3-10(18(20)21)7-14(13)19(22)23/h2-8,17H,1H3/t8-/m1/s1. The molecule has 0 unspecified atom stereocenters. The highest BCUT2D eigenvalue weighted by Gasteiger charge is 2.21. The van der Waals surface area contributed by atoms with E-state index in [0.29, 0.717) is 5.56 Å². The van der Waals surface area contributed by atoms with Crippen LogP contribution in [0.1, 0.15) is 18.5 Å². The molecule has 0 aliphatic carbocycles. The predicted molar refractivity (Wildman–Crippen MR) is 78.1 cm³/mol. The number of nitro benzene ring substituents is 2. The van der Waals surface area contributed by atoms with Crippen molar-refractivity contribution < 1.29 is 18.6 Å². The molecular weight excluding hydrogens is 312 g/mol. The topological polar surface area (TPSA) is 98.3 Å². The monoisotopic (exact) mass is 323 g/mol. The molecule has 120 valence electrons. The van der Waals surface area contributed by atoms with E-state index >= 15 is 0 Å². The summed E-state index contributed by atoms with van der Waals surface area (Å²) in [6.45, 7) is 1.60. The summed E-state index contributed by atoms with van der Waals surface area (Å²) < 4.78 is 26.2. The second-order valence-electron chi connectivity index (χ2n) is 4.76. The Morgan fingerprint density at radius 1 is 1.00 bits per heavy atom. The summed E-state index contributed by atoms with van der Waals surface area (Å²) in [5.74, 6) is -2.03. The van der Waals surface area contributed by atoms with Crippen LogP contribution in [0.4, 0.5) is 25.8 Å². The minimum Gasteiger partial charge on any atom is -0.373 e. The largest absolute Gasteiger partial charge is 0.373 e. The van der Waals surface area contributed by atoms with E-state index in [0.717, 1.165) is 24.3 Å². The minimum absolute atomic E-state index is 0.0397. The first-order chi connectivity index (χ1) is 10.8. The van der Waals surface area contributed by atoms with Gasteiger partial charge in [-0.2, -0.15) is 0 Å². The van der Waals surface area contributed by atoms with E-state index in [1.165, 1.54) is 12.1 Å². The Morgan fingerprint density at radius 3 is 2.26 bits per heavy atom. The molecule has 2 aromatic carbocycles. The van der Waals surface area contributed by atoms with Gasteiger partial charge in [-0.05, 0) is 30.7 Å². The number of benzene rings is 2. The summed E-state index contributed by atoms with van der Waals surface area (Å²) in [4.78, 5) is 20.2. The molecule has 2 aromatic rings. The van der Waals surface area contributed by atoms with Crippen molar-refractivity contribution in [2.45, 2.75) is 13.0 Å². The van der Waals surface area contributed by atoms with Crippen LogP contribution in [0.25, 0.3) is 0 Å². The summed E-state index contributed by atoms with van der Waals surface area (Å²) in [7, 11) is 0. The van der Waals surface area contributed by atoms with Gasteiger partial charge in [-0.15, -0.1) is 0 Å². The van der Waals surface area contributed by atoms with Gasteiger partial charge in [-0.25, -0.2) is 8.78 Å². The van der Waals surface area contributed by atoms with E-state index in [9.17, 15) is 29.0 Å². The number of hydrogen-bond acceptors (Lipinski definition) is 5. The van der Waals surface area contributed by atoms with Gasteiger partial charge in [0.05, 0.1) is 15.9 Å². The lowest BCUT2D eigenvalue weighted by atomic mass is 10.1. The van der Waals surface area contributed by atoms with E-state index in [-0.39, 0.29) is 5.69 Å². The molecule has 1 atom stereocenters. The molecule has 7 nitrogen and oxygen atoms in total. The van der Waals surface area contributed by atoms with Crippen molar-refractivity contribution in [3.63, 3.8) is 0 Å². The molecule has 0 fully saturated rings. The lowest BCUT2D eigenvalue weighted by Gasteiger charge is -2.16. The molecule has 23 heavy (non-hydrogen) atoms. The van der Waals surface area contributed by atoms with Crippen molar-refractivity contribution in [1.29, 1.82) is 0 Å². The van der Waals surface area contributed by atoms with Crippen molar-refractivity contribution in [2.75, 3.05) is 5.32 Å². The zero-order valence-corrected chi connectivity index (χ0v) is 11.8. The van der Waals surface area contributed by atoms with Gasteiger partial charge < -0.3 is 5.32 Å². The Balaban J connectivity index is 2.33. The van der Waals surface area contributed by atoms with Crippen molar-refractivity contribution in [2.24, 2.45) is 0 Å². The first kappa shape index (κ1) is 16.3. The van der Waals surface area contributed by atoms with Crippen LogP contribution in [0.15, 0.2) is 36.4 Å². The van der Waals surface area contributed by atoms with Crippen molar-refractivity contribution in [3.8, 4) is 0 Å². The van der Waals surface area contributed by atoms with Crippen LogP contribution in [-0.2, 0) is 0 Å². The van der Waals surface area contributed by atoms with Gasteiger partial charge in [0.2, 0.25) is 0 Å². The molecule has 0 amide bonds. The lowest BCUT2D eigenvalue weighted by Crippen LogP contribution is -2.09. The normalized spacial score (nSPS) is 11.8. The van der Waals surface area contributed by atoms with E-state index < -0.39 is 38.9 Å². The minimum atomic E-state index is -1.03. The molecule has 1 N–H and O–H groups in total. The zero-order valence-electron chi connectivity index (χ0n) is 11.8. The number of hydrogen-bond donors (Lipinski definition) is 1. The third-order valence-electron chi connectivity index (χ3n) is 3.20. The van der Waals surface area contributed by atoms with Crippen molar-refractivity contribution in [1.82, 2.24) is 0 Å². The molecule has 0 saturated heterocycles. The lowest BCUT2D eigenvalue weighted by molar-refractivity contribution is -0.393. The van der Waals surface area contributed by atoms with Crippen molar-refractivity contribution >= 4 is 17.1 Å². The highest BCUT2D eigenvalue weighted by molar-refractivity contribution is 5.66. The average Bonchev–Trinajstić information content (AvgIpc) is 2.49. The molecule has 0 aromatic heterocycles. The zero-order chi connectivity index (χ0) is 17.1. The van der Waals surface area contributed by atoms with Crippen molar-refractivity contribution in [3.05, 3.63) is 73.8 Å². The highest BCUT2D eigenvalue weighted by Crippen LogP contribution is 2.31. The second-order valence-corrected chi connectivity index (χ2v) is 4.76. The second kappa shape index (κ2) is 6.34. The van der Waals surface area contributed by atoms with Gasteiger partial charge >= 0.3 is 0 Å². The summed E-state index contributed by atoms with van der Waals surface area (Å²) in [6, 6.07) is 5.84. The average molecular weight is 323 g/mol. The smallest absolute Gasteiger partial charge is 0.299 e. The highest BCUT2D eigenvalue weighted by atomic mass is 19.2. The fraction of sp³-hybridized carbons (Fsp3) is 0.143. The van der Waals surface area contributed by atoms with E-state index in [1.54, 1.807) is 6.92 Å². The Hall–Kier alpha value is -3.10. The van der Waals surface area contributed by atoms with Gasteiger partial charge in [0.25, 0.3) is 11.4 Å². The predicted octanol–water partition coefficient (Wildman–Crippen LogP) is 3.95. The number of rotatable bonds is 5. The van der Waals surface area contributed by atoms with E-state index in [2.05, 4.69) is 5.32 Å². The first-order valence-electron chi connectivity index (χ1n) is 6.44. The third-order valence-corrected chi connectivity index (χ3v) is 3.20. The fourth-order valence-electron chi connectivity index (χ4n) is 2.01. The van der Waals surface area contributed by atoms with Gasteiger partial charge in [-0.1, -0.05) is 6.07 Å². The number of halogens is 2. The third kappa shape index (κ3) is 3.57. The SMILES string of the molecule is C[C@@H](Nc1ccc([N+](=O)[O-])cc1[N+](=O)[O-])c1ccc(F)c(F)c1. The van der Waals surface area contributed by atoms with Gasteiger partial charge in [0.15, 0.2) is 11.6 Å². The Labute approximate surface area is 128 Å². The van der Waals surface area contributed by atoms with Crippen LogP contribution >= 0.6 is 0 Å². The molecule has 2 rings (SSSR count). The van der Waals surface area contributed by atoms with Gasteiger partial charge in [0.1, 0.15) is 5.69 Å². The molecule has 0 spiro atoms. The first-order valence-corrected chi connectivity index (χ1v) is 6.44. The Kier molecular flexibility index (Phi) is 4.49. The number of nitrogens with zero attached hydrogens (tertiary/aromatic N) is 2. The Bertz CT molecular complexity index is 783. The number of nitro groups is 2. The summed E-state index contributed by atoms with van der Waals surface area (Å²) in [6.07, 6.45) is 0. The number of non-ortho nitro benzene ring substituents is 1. The summed E-state index contributed by atoms with van der Waals surface area (Å²) in [5, 5.41) is 24.5. The molecule has 9 heteroatoms. The molecule has 0 radical (unpaired) electrons.